The third-order valence-electron chi connectivity index (χ3n) is 7.86. The first-order valence-corrected chi connectivity index (χ1v) is 16.9. The molecule has 272 valence electrons. The van der Waals surface area contributed by atoms with E-state index in [1.807, 2.05) is 0 Å². The molecule has 2 aromatic heterocycles. The summed E-state index contributed by atoms with van der Waals surface area (Å²) in [5.74, 6) is 0.373. The molecule has 9 nitrogen and oxygen atoms in total. The summed E-state index contributed by atoms with van der Waals surface area (Å²) < 4.78 is 105. The average molecular weight is 825 g/mol. The highest BCUT2D eigenvalue weighted by Crippen LogP contribution is 2.34. The fourth-order valence-electron chi connectivity index (χ4n) is 5.08. The number of hydrogen-bond acceptors (Lipinski definition) is 8. The van der Waals surface area contributed by atoms with Crippen molar-refractivity contribution in [3.8, 4) is 22.9 Å². The second-order valence-corrected chi connectivity index (χ2v) is 12.2. The molecule has 2 heterocycles. The van der Waals surface area contributed by atoms with Gasteiger partial charge >= 0.3 is 18.3 Å². The smallest absolute Gasteiger partial charge is 0.416 e. The second-order valence-electron chi connectivity index (χ2n) is 11.5. The van der Waals surface area contributed by atoms with Gasteiger partial charge in [-0.25, -0.2) is 14.8 Å². The van der Waals surface area contributed by atoms with Gasteiger partial charge in [0.2, 0.25) is 11.8 Å². The number of aromatic nitrogens is 2. The summed E-state index contributed by atoms with van der Waals surface area (Å²) >= 11 is 2.13. The lowest BCUT2D eigenvalue weighted by molar-refractivity contribution is -0.155. The zero-order chi connectivity index (χ0) is 36.6. The van der Waals surface area contributed by atoms with E-state index in [0.29, 0.717) is 33.6 Å². The Morgan fingerprint density at radius 2 is 1.38 bits per heavy atom. The molecule has 1 unspecified atom stereocenters. The standard InChI is InChI=1S/C22H26F3NO6.C12H9F3INO/c1-13-18(26-20(32-13)14-5-3-6-15(9-14)22(23,24)25)11-30-16-7-4-8-17(10-16)31-12-19(29-2)21(27)28;1-7-10(6-16)17-11(18-7)8-3-2-4-9(5-8)12(13,14)15/h3,5-6,9,16-17,19H,4,7-8,10-12H2,1-2H3,(H,27,28);2-5H,6H2,1H3/t16-,17+,19?;/m0./s1. The van der Waals surface area contributed by atoms with Gasteiger partial charge in [0.1, 0.15) is 17.2 Å². The van der Waals surface area contributed by atoms with Crippen molar-refractivity contribution in [1.82, 2.24) is 9.97 Å². The number of oxazole rings is 2. The van der Waals surface area contributed by atoms with Crippen LogP contribution in [0.1, 0.15) is 59.7 Å². The molecule has 0 amide bonds. The Morgan fingerprint density at radius 1 is 0.880 bits per heavy atom. The molecular formula is C34H35F6IN2O7. The quantitative estimate of drug-likeness (QED) is 0.0898. The van der Waals surface area contributed by atoms with Gasteiger partial charge in [0.15, 0.2) is 6.10 Å². The number of ether oxygens (including phenoxy) is 3. The van der Waals surface area contributed by atoms with Crippen LogP contribution in [0.5, 0.6) is 0 Å². The molecule has 0 bridgehead atoms. The molecule has 4 aromatic rings. The Bertz CT molecular complexity index is 1720. The van der Waals surface area contributed by atoms with E-state index in [9.17, 15) is 31.1 Å². The van der Waals surface area contributed by atoms with E-state index < -0.39 is 35.6 Å². The predicted octanol–water partition coefficient (Wildman–Crippen LogP) is 9.22. The van der Waals surface area contributed by atoms with Gasteiger partial charge in [0.25, 0.3) is 0 Å². The van der Waals surface area contributed by atoms with E-state index in [0.717, 1.165) is 49.2 Å². The van der Waals surface area contributed by atoms with E-state index >= 15 is 0 Å². The largest absolute Gasteiger partial charge is 0.479 e. The van der Waals surface area contributed by atoms with Crippen LogP contribution in [0.2, 0.25) is 0 Å². The van der Waals surface area contributed by atoms with Gasteiger partial charge < -0.3 is 28.2 Å². The maximum absolute atomic E-state index is 13.0. The number of benzene rings is 2. The molecule has 16 heteroatoms. The number of hydrogen-bond donors (Lipinski definition) is 1. The minimum Gasteiger partial charge on any atom is -0.479 e. The summed E-state index contributed by atoms with van der Waals surface area (Å²) in [5.41, 5.74) is 0.381. The highest BCUT2D eigenvalue weighted by atomic mass is 127. The van der Waals surface area contributed by atoms with Gasteiger partial charge in [0.05, 0.1) is 42.2 Å². The number of carboxylic acids is 1. The number of halogens is 7. The van der Waals surface area contributed by atoms with Crippen LogP contribution >= 0.6 is 22.6 Å². The van der Waals surface area contributed by atoms with Gasteiger partial charge in [-0.3, -0.25) is 0 Å². The van der Waals surface area contributed by atoms with Crippen molar-refractivity contribution in [3.63, 3.8) is 0 Å². The summed E-state index contributed by atoms with van der Waals surface area (Å²) in [6.07, 6.45) is -6.95. The molecule has 0 spiro atoms. The predicted molar refractivity (Wildman–Crippen MR) is 176 cm³/mol. The number of carbonyl (C=O) groups is 1. The average Bonchev–Trinajstić information content (AvgIpc) is 3.65. The summed E-state index contributed by atoms with van der Waals surface area (Å²) in [5, 5.41) is 9.03. The van der Waals surface area contributed by atoms with Crippen molar-refractivity contribution in [2.24, 2.45) is 0 Å². The van der Waals surface area contributed by atoms with Gasteiger partial charge in [-0.15, -0.1) is 0 Å². The zero-order valence-electron chi connectivity index (χ0n) is 27.2. The number of nitrogens with zero attached hydrogens (tertiary/aromatic N) is 2. The van der Waals surface area contributed by atoms with E-state index in [-0.39, 0.29) is 42.8 Å². The fraction of sp³-hybridized carbons (Fsp3) is 0.441. The lowest BCUT2D eigenvalue weighted by Crippen LogP contribution is -2.34. The number of aliphatic carboxylic acids is 1. The SMILES string of the molecule is COC(CO[C@@H]1CCC[C@H](OCc2nc(-c3cccc(C(F)(F)F)c3)oc2C)C1)C(=O)O.Cc1oc(-c2cccc(C(F)(F)F)c2)nc1CI. The van der Waals surface area contributed by atoms with Crippen molar-refractivity contribution >= 4 is 28.6 Å². The number of alkyl halides is 7. The Labute approximate surface area is 297 Å². The van der Waals surface area contributed by atoms with Gasteiger partial charge in [-0.1, -0.05) is 34.7 Å². The normalized spacial score (nSPS) is 17.2. The molecule has 3 atom stereocenters. The lowest BCUT2D eigenvalue weighted by Gasteiger charge is -2.29. The monoisotopic (exact) mass is 824 g/mol. The van der Waals surface area contributed by atoms with E-state index in [1.165, 1.54) is 25.3 Å². The molecule has 1 aliphatic carbocycles. The topological polar surface area (TPSA) is 117 Å². The van der Waals surface area contributed by atoms with Gasteiger partial charge in [-0.05, 0) is 75.9 Å². The van der Waals surface area contributed by atoms with Crippen LogP contribution in [-0.4, -0.2) is 53.1 Å². The van der Waals surface area contributed by atoms with Crippen LogP contribution in [0, 0.1) is 13.8 Å². The number of rotatable bonds is 11. The first-order valence-electron chi connectivity index (χ1n) is 15.4. The van der Waals surface area contributed by atoms with Crippen molar-refractivity contribution in [1.29, 1.82) is 0 Å². The van der Waals surface area contributed by atoms with Crippen molar-refractivity contribution in [2.75, 3.05) is 13.7 Å². The van der Waals surface area contributed by atoms with Crippen molar-refractivity contribution in [3.05, 3.63) is 82.6 Å². The minimum atomic E-state index is -4.45. The molecule has 0 aliphatic heterocycles. The molecule has 1 aliphatic rings. The van der Waals surface area contributed by atoms with Crippen LogP contribution in [0.15, 0.2) is 57.4 Å². The molecule has 1 N–H and O–H groups in total. The van der Waals surface area contributed by atoms with Crippen molar-refractivity contribution < 1.29 is 59.3 Å². The van der Waals surface area contributed by atoms with E-state index in [2.05, 4.69) is 32.6 Å². The lowest BCUT2D eigenvalue weighted by atomic mass is 9.95. The maximum atomic E-state index is 13.0. The highest BCUT2D eigenvalue weighted by Gasteiger charge is 2.32. The number of carboxylic acid groups (broad SMARTS) is 1. The Kier molecular flexibility index (Phi) is 13.5. The first-order chi connectivity index (χ1) is 23.6. The zero-order valence-corrected chi connectivity index (χ0v) is 29.4. The minimum absolute atomic E-state index is 0.0358. The first kappa shape index (κ1) is 39.3. The molecule has 0 radical (unpaired) electrons. The molecule has 1 fully saturated rings. The van der Waals surface area contributed by atoms with E-state index in [4.69, 9.17) is 28.2 Å². The number of aryl methyl sites for hydroxylation is 2. The second kappa shape index (κ2) is 17.2. The summed E-state index contributed by atoms with van der Waals surface area (Å²) in [7, 11) is 1.32. The van der Waals surface area contributed by atoms with Crippen LogP contribution in [0.3, 0.4) is 0 Å². The fourth-order valence-corrected chi connectivity index (χ4v) is 5.79. The third kappa shape index (κ3) is 10.8. The highest BCUT2D eigenvalue weighted by molar-refractivity contribution is 14.1. The van der Waals surface area contributed by atoms with Crippen LogP contribution in [-0.2, 0) is 42.4 Å². The summed E-state index contributed by atoms with van der Waals surface area (Å²) in [6.45, 7) is 3.55. The summed E-state index contributed by atoms with van der Waals surface area (Å²) in [4.78, 5) is 19.5. The molecule has 50 heavy (non-hydrogen) atoms. The molecule has 5 rings (SSSR count). The third-order valence-corrected chi connectivity index (χ3v) is 8.59. The molecule has 2 aromatic carbocycles. The van der Waals surface area contributed by atoms with Crippen LogP contribution in [0.4, 0.5) is 26.3 Å². The Hall–Kier alpha value is -3.48. The Morgan fingerprint density at radius 3 is 1.84 bits per heavy atom. The summed E-state index contributed by atoms with van der Waals surface area (Å²) in [6, 6.07) is 9.80. The molecular weight excluding hydrogens is 789 g/mol. The maximum Gasteiger partial charge on any atom is 0.416 e. The van der Waals surface area contributed by atoms with Crippen LogP contribution < -0.4 is 0 Å². The molecule has 1 saturated carbocycles. The van der Waals surface area contributed by atoms with Gasteiger partial charge in [0, 0.05) is 22.7 Å². The Balaban J connectivity index is 0.000000263. The number of methoxy groups -OCH3 is 1. The van der Waals surface area contributed by atoms with Crippen molar-refractivity contribution in [2.45, 2.75) is 81.2 Å². The van der Waals surface area contributed by atoms with Gasteiger partial charge in [-0.2, -0.15) is 26.3 Å². The van der Waals surface area contributed by atoms with E-state index in [1.54, 1.807) is 19.9 Å². The molecule has 0 saturated heterocycles. The van der Waals surface area contributed by atoms with Crippen LogP contribution in [0.25, 0.3) is 22.9 Å².